The van der Waals surface area contributed by atoms with Gasteiger partial charge in [0.15, 0.2) is 0 Å². The lowest BCUT2D eigenvalue weighted by Gasteiger charge is -2.32. The highest BCUT2D eigenvalue weighted by Gasteiger charge is 2.33. The molecular formula is C22H27N3O7S2. The SMILES string of the molecule is COc1ccc(C(=O)Nc2ccc(S(=O)(=O)NC(C)=O)cc2)cc1S(=O)(=O)N1CCCC[C@@H]1C. The molecule has 2 amide bonds. The van der Waals surface area contributed by atoms with Gasteiger partial charge in [-0.15, -0.1) is 0 Å². The van der Waals surface area contributed by atoms with E-state index in [4.69, 9.17) is 4.74 Å². The van der Waals surface area contributed by atoms with E-state index in [0.717, 1.165) is 26.2 Å². The van der Waals surface area contributed by atoms with Crippen molar-refractivity contribution in [3.63, 3.8) is 0 Å². The molecular weight excluding hydrogens is 482 g/mol. The summed E-state index contributed by atoms with van der Waals surface area (Å²) in [6, 6.07) is 9.20. The molecule has 1 heterocycles. The second-order valence-corrected chi connectivity index (χ2v) is 11.5. The molecule has 1 atom stereocenters. The first-order valence-corrected chi connectivity index (χ1v) is 13.5. The van der Waals surface area contributed by atoms with Crippen molar-refractivity contribution in [3.05, 3.63) is 48.0 Å². The lowest BCUT2D eigenvalue weighted by Crippen LogP contribution is -2.42. The highest BCUT2D eigenvalue weighted by molar-refractivity contribution is 7.90. The molecule has 2 aromatic rings. The molecule has 1 aliphatic heterocycles. The van der Waals surface area contributed by atoms with Crippen molar-refractivity contribution < 1.29 is 31.2 Å². The maximum absolute atomic E-state index is 13.3. The van der Waals surface area contributed by atoms with Gasteiger partial charge in [0.05, 0.1) is 12.0 Å². The Bertz CT molecular complexity index is 1290. The second-order valence-electron chi connectivity index (χ2n) is 7.97. The van der Waals surface area contributed by atoms with Crippen LogP contribution in [0, 0.1) is 0 Å². The van der Waals surface area contributed by atoms with Crippen molar-refractivity contribution in [1.29, 1.82) is 0 Å². The molecule has 34 heavy (non-hydrogen) atoms. The average Bonchev–Trinajstić information content (AvgIpc) is 2.78. The Kier molecular flexibility index (Phi) is 7.64. The molecule has 0 unspecified atom stereocenters. The second kappa shape index (κ2) is 10.1. The van der Waals surface area contributed by atoms with Crippen LogP contribution in [0.5, 0.6) is 5.75 Å². The van der Waals surface area contributed by atoms with Crippen molar-refractivity contribution in [2.24, 2.45) is 0 Å². The number of amides is 2. The van der Waals surface area contributed by atoms with Crippen molar-refractivity contribution >= 4 is 37.5 Å². The normalized spacial score (nSPS) is 17.1. The van der Waals surface area contributed by atoms with Gasteiger partial charge in [0.1, 0.15) is 10.6 Å². The molecule has 184 valence electrons. The highest BCUT2D eigenvalue weighted by atomic mass is 32.2. The zero-order chi connectivity index (χ0) is 25.1. The highest BCUT2D eigenvalue weighted by Crippen LogP contribution is 2.32. The standard InChI is InChI=1S/C22H27N3O7S2/c1-15-6-4-5-13-25(15)34(30,31)21-14-17(7-12-20(21)32-3)22(27)23-18-8-10-19(11-9-18)33(28,29)24-16(2)26/h7-12,14-15H,4-6,13H2,1-3H3,(H,23,27)(H,24,26)/t15-/m0/s1. The van der Waals surface area contributed by atoms with Gasteiger partial charge in [-0.2, -0.15) is 4.31 Å². The lowest BCUT2D eigenvalue weighted by atomic mass is 10.1. The van der Waals surface area contributed by atoms with E-state index in [1.54, 1.807) is 0 Å². The van der Waals surface area contributed by atoms with Gasteiger partial charge in [-0.25, -0.2) is 21.6 Å². The number of ether oxygens (including phenoxy) is 1. The van der Waals surface area contributed by atoms with Crippen molar-refractivity contribution in [2.45, 2.75) is 48.9 Å². The third kappa shape index (κ3) is 5.57. The van der Waals surface area contributed by atoms with Gasteiger partial charge in [0.2, 0.25) is 15.9 Å². The van der Waals surface area contributed by atoms with Gasteiger partial charge >= 0.3 is 0 Å². The zero-order valence-electron chi connectivity index (χ0n) is 19.1. The van der Waals surface area contributed by atoms with Crippen molar-refractivity contribution in [1.82, 2.24) is 9.03 Å². The van der Waals surface area contributed by atoms with E-state index in [-0.39, 0.29) is 32.8 Å². The van der Waals surface area contributed by atoms with Crippen molar-refractivity contribution in [3.8, 4) is 5.75 Å². The molecule has 2 N–H and O–H groups in total. The number of nitrogens with one attached hydrogen (secondary N) is 2. The van der Waals surface area contributed by atoms with Crippen molar-refractivity contribution in [2.75, 3.05) is 19.0 Å². The summed E-state index contributed by atoms with van der Waals surface area (Å²) in [7, 11) is -6.52. The Morgan fingerprint density at radius 2 is 1.71 bits per heavy atom. The van der Waals surface area contributed by atoms with E-state index in [1.165, 1.54) is 53.9 Å². The molecule has 1 aliphatic rings. The number of carbonyl (C=O) groups excluding carboxylic acids is 2. The summed E-state index contributed by atoms with van der Waals surface area (Å²) in [6.07, 6.45) is 2.48. The third-order valence-corrected chi connectivity index (χ3v) is 8.94. The monoisotopic (exact) mass is 509 g/mol. The Hall–Kier alpha value is -2.96. The van der Waals surface area contributed by atoms with Crippen LogP contribution < -0.4 is 14.8 Å². The van der Waals surface area contributed by atoms with Crippen LogP contribution in [0.25, 0.3) is 0 Å². The number of carbonyl (C=O) groups is 2. The molecule has 12 heteroatoms. The number of hydrogen-bond donors (Lipinski definition) is 2. The topological polar surface area (TPSA) is 139 Å². The van der Waals surface area contributed by atoms with E-state index >= 15 is 0 Å². The predicted molar refractivity (Wildman–Crippen MR) is 126 cm³/mol. The first-order valence-electron chi connectivity index (χ1n) is 10.6. The Morgan fingerprint density at radius 3 is 2.29 bits per heavy atom. The number of benzene rings is 2. The van der Waals surface area contributed by atoms with E-state index in [0.29, 0.717) is 6.54 Å². The third-order valence-electron chi connectivity index (χ3n) is 5.46. The maximum Gasteiger partial charge on any atom is 0.264 e. The number of nitrogens with zero attached hydrogens (tertiary/aromatic N) is 1. The number of sulfonamides is 2. The minimum Gasteiger partial charge on any atom is -0.495 e. The Labute approximate surface area is 199 Å². The maximum atomic E-state index is 13.3. The number of rotatable bonds is 7. The van der Waals surface area contributed by atoms with Crippen LogP contribution >= 0.6 is 0 Å². The largest absolute Gasteiger partial charge is 0.495 e. The van der Waals surface area contributed by atoms with Gasteiger partial charge < -0.3 is 10.1 Å². The summed E-state index contributed by atoms with van der Waals surface area (Å²) >= 11 is 0. The molecule has 0 radical (unpaired) electrons. The molecule has 0 saturated carbocycles. The van der Waals surface area contributed by atoms with Gasteiger partial charge in [-0.1, -0.05) is 6.42 Å². The van der Waals surface area contributed by atoms with Crippen LogP contribution in [0.15, 0.2) is 52.3 Å². The first-order chi connectivity index (χ1) is 16.0. The quantitative estimate of drug-likeness (QED) is 0.584. The van der Waals surface area contributed by atoms with E-state index in [2.05, 4.69) is 5.32 Å². The minimum atomic E-state index is -4.00. The minimum absolute atomic E-state index is 0.0897. The van der Waals surface area contributed by atoms with Crippen LogP contribution in [0.1, 0.15) is 43.5 Å². The Morgan fingerprint density at radius 1 is 1.03 bits per heavy atom. The van der Waals surface area contributed by atoms with Crippen LogP contribution in [0.3, 0.4) is 0 Å². The molecule has 0 aliphatic carbocycles. The van der Waals surface area contributed by atoms with E-state index < -0.39 is 31.9 Å². The summed E-state index contributed by atoms with van der Waals surface area (Å²) in [5.41, 5.74) is 0.385. The summed E-state index contributed by atoms with van der Waals surface area (Å²) in [5, 5.41) is 2.61. The molecule has 1 saturated heterocycles. The fourth-order valence-corrected chi connectivity index (χ4v) is 6.62. The molecule has 1 fully saturated rings. The number of anilines is 1. The molecule has 0 spiro atoms. The van der Waals surface area contributed by atoms with Crippen LogP contribution in [0.4, 0.5) is 5.69 Å². The first kappa shape index (κ1) is 25.7. The fraction of sp³-hybridized carbons (Fsp3) is 0.364. The van der Waals surface area contributed by atoms with Crippen LogP contribution in [0.2, 0.25) is 0 Å². The fourth-order valence-electron chi connectivity index (χ4n) is 3.74. The van der Waals surface area contributed by atoms with Gasteiger partial charge in [0.25, 0.3) is 15.9 Å². The molecule has 0 aromatic heterocycles. The summed E-state index contributed by atoms with van der Waals surface area (Å²) in [4.78, 5) is 23.7. The van der Waals surface area contributed by atoms with E-state index in [9.17, 15) is 26.4 Å². The van der Waals surface area contributed by atoms with E-state index in [1.807, 2.05) is 11.6 Å². The average molecular weight is 510 g/mol. The van der Waals surface area contributed by atoms with Crippen LogP contribution in [-0.2, 0) is 24.8 Å². The molecule has 2 aromatic carbocycles. The zero-order valence-corrected chi connectivity index (χ0v) is 20.7. The summed E-state index contributed by atoms with van der Waals surface area (Å²) < 4.78 is 59.3. The Balaban J connectivity index is 1.85. The van der Waals surface area contributed by atoms with Crippen LogP contribution in [-0.4, -0.2) is 52.7 Å². The molecule has 10 nitrogen and oxygen atoms in total. The van der Waals surface area contributed by atoms with Gasteiger partial charge in [-0.05, 0) is 62.2 Å². The van der Waals surface area contributed by atoms with Gasteiger partial charge in [0, 0.05) is 30.8 Å². The number of hydrogen-bond acceptors (Lipinski definition) is 7. The summed E-state index contributed by atoms with van der Waals surface area (Å²) in [5.74, 6) is -1.16. The molecule has 3 rings (SSSR count). The smallest absolute Gasteiger partial charge is 0.264 e. The van der Waals surface area contributed by atoms with Gasteiger partial charge in [-0.3, -0.25) is 9.59 Å². The predicted octanol–water partition coefficient (Wildman–Crippen LogP) is 2.34. The molecule has 0 bridgehead atoms. The summed E-state index contributed by atoms with van der Waals surface area (Å²) in [6.45, 7) is 3.34. The number of methoxy groups -OCH3 is 1. The number of piperidine rings is 1. The lowest BCUT2D eigenvalue weighted by molar-refractivity contribution is -0.117.